The molecule has 0 bridgehead atoms. The van der Waals surface area contributed by atoms with Crippen molar-refractivity contribution < 1.29 is 9.90 Å². The first-order valence-electron chi connectivity index (χ1n) is 5.60. The molecule has 0 aliphatic rings. The summed E-state index contributed by atoms with van der Waals surface area (Å²) in [5.74, 6) is -0.919. The summed E-state index contributed by atoms with van der Waals surface area (Å²) in [7, 11) is 0. The van der Waals surface area contributed by atoms with Crippen molar-refractivity contribution in [3.05, 3.63) is 65.2 Å². The summed E-state index contributed by atoms with van der Waals surface area (Å²) in [5, 5.41) is 8.79. The van der Waals surface area contributed by atoms with Crippen LogP contribution >= 0.6 is 0 Å². The number of nitrogens with zero attached hydrogens (tertiary/aromatic N) is 1. The molecule has 0 atom stereocenters. The van der Waals surface area contributed by atoms with Crippen molar-refractivity contribution in [2.24, 2.45) is 4.99 Å². The quantitative estimate of drug-likeness (QED) is 0.834. The Morgan fingerprint density at radius 2 is 1.78 bits per heavy atom. The number of hydrogen-bond acceptors (Lipinski definition) is 2. The minimum atomic E-state index is -0.919. The molecule has 0 aromatic heterocycles. The fraction of sp³-hybridized carbons (Fsp3) is 0.0667. The van der Waals surface area contributed by atoms with Crippen LogP contribution in [0.4, 0.5) is 5.69 Å². The Morgan fingerprint density at radius 3 is 2.39 bits per heavy atom. The number of hydrogen-bond donors (Lipinski definition) is 1. The van der Waals surface area contributed by atoms with Crippen LogP contribution in [-0.2, 0) is 0 Å². The maximum Gasteiger partial charge on any atom is 0.335 e. The highest BCUT2D eigenvalue weighted by Gasteiger charge is 2.00. The highest BCUT2D eigenvalue weighted by Crippen LogP contribution is 2.16. The Morgan fingerprint density at radius 1 is 1.11 bits per heavy atom. The lowest BCUT2D eigenvalue weighted by Crippen LogP contribution is -1.95. The van der Waals surface area contributed by atoms with Gasteiger partial charge in [0.25, 0.3) is 0 Å². The molecule has 2 aromatic rings. The topological polar surface area (TPSA) is 49.7 Å². The van der Waals surface area contributed by atoms with E-state index in [0.29, 0.717) is 0 Å². The van der Waals surface area contributed by atoms with Gasteiger partial charge in [0, 0.05) is 6.21 Å². The molecule has 0 spiro atoms. The Kier molecular flexibility index (Phi) is 3.53. The number of aromatic carboxylic acids is 1. The lowest BCUT2D eigenvalue weighted by atomic mass is 10.1. The molecule has 0 aliphatic heterocycles. The van der Waals surface area contributed by atoms with Crippen molar-refractivity contribution in [1.29, 1.82) is 0 Å². The van der Waals surface area contributed by atoms with Crippen LogP contribution < -0.4 is 0 Å². The number of para-hydroxylation sites is 1. The lowest BCUT2D eigenvalue weighted by Gasteiger charge is -1.99. The van der Waals surface area contributed by atoms with Gasteiger partial charge in [-0.1, -0.05) is 30.3 Å². The molecule has 1 N–H and O–H groups in total. The van der Waals surface area contributed by atoms with Gasteiger partial charge >= 0.3 is 5.97 Å². The van der Waals surface area contributed by atoms with E-state index < -0.39 is 5.97 Å². The molecule has 0 aliphatic carbocycles. The van der Waals surface area contributed by atoms with E-state index in [1.165, 1.54) is 0 Å². The van der Waals surface area contributed by atoms with Crippen molar-refractivity contribution in [1.82, 2.24) is 0 Å². The first kappa shape index (κ1) is 12.0. The number of carbonyl (C=O) groups is 1. The van der Waals surface area contributed by atoms with E-state index in [1.54, 1.807) is 30.5 Å². The number of carboxylic acids is 1. The summed E-state index contributed by atoms with van der Waals surface area (Å²) in [6.45, 7) is 2.00. The summed E-state index contributed by atoms with van der Waals surface area (Å²) >= 11 is 0. The minimum absolute atomic E-state index is 0.281. The highest BCUT2D eigenvalue weighted by molar-refractivity contribution is 5.89. The summed E-state index contributed by atoms with van der Waals surface area (Å²) in [6, 6.07) is 14.5. The Labute approximate surface area is 105 Å². The molecular weight excluding hydrogens is 226 g/mol. The minimum Gasteiger partial charge on any atom is -0.478 e. The van der Waals surface area contributed by atoms with Gasteiger partial charge in [-0.05, 0) is 36.2 Å². The van der Waals surface area contributed by atoms with Gasteiger partial charge in [0.2, 0.25) is 0 Å². The first-order valence-corrected chi connectivity index (χ1v) is 5.60. The molecule has 3 heteroatoms. The normalized spacial score (nSPS) is 10.7. The van der Waals surface area contributed by atoms with Crippen LogP contribution in [0.15, 0.2) is 53.5 Å². The fourth-order valence-corrected chi connectivity index (χ4v) is 1.56. The zero-order valence-electron chi connectivity index (χ0n) is 10.00. The van der Waals surface area contributed by atoms with Gasteiger partial charge in [0.05, 0.1) is 11.3 Å². The Hall–Kier alpha value is -2.42. The fourth-order valence-electron chi connectivity index (χ4n) is 1.56. The van der Waals surface area contributed by atoms with Crippen LogP contribution in [0.2, 0.25) is 0 Å². The van der Waals surface area contributed by atoms with E-state index in [2.05, 4.69) is 4.99 Å². The maximum atomic E-state index is 10.7. The molecule has 0 heterocycles. The van der Waals surface area contributed by atoms with Gasteiger partial charge in [-0.3, -0.25) is 4.99 Å². The van der Waals surface area contributed by atoms with Crippen LogP contribution in [0.1, 0.15) is 21.5 Å². The first-order chi connectivity index (χ1) is 8.66. The molecule has 90 valence electrons. The second kappa shape index (κ2) is 5.27. The zero-order chi connectivity index (χ0) is 13.0. The van der Waals surface area contributed by atoms with Crippen molar-refractivity contribution in [3.63, 3.8) is 0 Å². The number of carboxylic acid groups (broad SMARTS) is 1. The summed E-state index contributed by atoms with van der Waals surface area (Å²) < 4.78 is 0. The number of rotatable bonds is 3. The maximum absolute atomic E-state index is 10.7. The van der Waals surface area contributed by atoms with Crippen molar-refractivity contribution >= 4 is 17.9 Å². The van der Waals surface area contributed by atoms with Crippen molar-refractivity contribution in [2.45, 2.75) is 6.92 Å². The number of benzene rings is 2. The van der Waals surface area contributed by atoms with E-state index in [9.17, 15) is 4.79 Å². The van der Waals surface area contributed by atoms with Gasteiger partial charge in [-0.2, -0.15) is 0 Å². The Bertz CT molecular complexity index is 586. The Balaban J connectivity index is 2.19. The monoisotopic (exact) mass is 239 g/mol. The largest absolute Gasteiger partial charge is 0.478 e. The van der Waals surface area contributed by atoms with Crippen LogP contribution in [0, 0.1) is 6.92 Å². The van der Waals surface area contributed by atoms with Crippen molar-refractivity contribution in [3.8, 4) is 0 Å². The van der Waals surface area contributed by atoms with Crippen LogP contribution in [0.5, 0.6) is 0 Å². The SMILES string of the molecule is Cc1ccccc1N=Cc1ccc(C(=O)O)cc1. The second-order valence-corrected chi connectivity index (χ2v) is 3.97. The van der Waals surface area contributed by atoms with E-state index in [1.807, 2.05) is 31.2 Å². The molecule has 0 saturated heterocycles. The molecule has 3 nitrogen and oxygen atoms in total. The van der Waals surface area contributed by atoms with E-state index in [-0.39, 0.29) is 5.56 Å². The lowest BCUT2D eigenvalue weighted by molar-refractivity contribution is 0.0697. The summed E-state index contributed by atoms with van der Waals surface area (Å²) in [5.41, 5.74) is 3.18. The van der Waals surface area contributed by atoms with Gasteiger partial charge in [0.1, 0.15) is 0 Å². The van der Waals surface area contributed by atoms with E-state index in [4.69, 9.17) is 5.11 Å². The zero-order valence-corrected chi connectivity index (χ0v) is 10.00. The molecule has 0 unspecified atom stereocenters. The standard InChI is InChI=1S/C15H13NO2/c1-11-4-2-3-5-14(11)16-10-12-6-8-13(9-7-12)15(17)18/h2-10H,1H3,(H,17,18). The van der Waals surface area contributed by atoms with Gasteiger partial charge in [-0.15, -0.1) is 0 Å². The molecule has 2 aromatic carbocycles. The second-order valence-electron chi connectivity index (χ2n) is 3.97. The smallest absolute Gasteiger partial charge is 0.335 e. The highest BCUT2D eigenvalue weighted by atomic mass is 16.4. The van der Waals surface area contributed by atoms with E-state index in [0.717, 1.165) is 16.8 Å². The van der Waals surface area contributed by atoms with Crippen LogP contribution in [-0.4, -0.2) is 17.3 Å². The molecule has 0 saturated carbocycles. The van der Waals surface area contributed by atoms with Gasteiger partial charge in [0.15, 0.2) is 0 Å². The third kappa shape index (κ3) is 2.83. The number of aryl methyl sites for hydroxylation is 1. The summed E-state index contributed by atoms with van der Waals surface area (Å²) in [4.78, 5) is 15.1. The third-order valence-electron chi connectivity index (χ3n) is 2.63. The third-order valence-corrected chi connectivity index (χ3v) is 2.63. The molecular formula is C15H13NO2. The average Bonchev–Trinajstić information content (AvgIpc) is 2.38. The van der Waals surface area contributed by atoms with Crippen molar-refractivity contribution in [2.75, 3.05) is 0 Å². The van der Waals surface area contributed by atoms with Crippen LogP contribution in [0.3, 0.4) is 0 Å². The predicted octanol–water partition coefficient (Wildman–Crippen LogP) is 3.44. The molecule has 0 radical (unpaired) electrons. The van der Waals surface area contributed by atoms with Gasteiger partial charge in [-0.25, -0.2) is 4.79 Å². The molecule has 2 rings (SSSR count). The van der Waals surface area contributed by atoms with E-state index >= 15 is 0 Å². The molecule has 0 amide bonds. The van der Waals surface area contributed by atoms with Gasteiger partial charge < -0.3 is 5.11 Å². The number of aliphatic imine (C=N–C) groups is 1. The molecule has 0 fully saturated rings. The average molecular weight is 239 g/mol. The summed E-state index contributed by atoms with van der Waals surface area (Å²) in [6.07, 6.45) is 1.73. The molecule has 18 heavy (non-hydrogen) atoms. The predicted molar refractivity (Wildman–Crippen MR) is 71.8 cm³/mol. The van der Waals surface area contributed by atoms with Crippen LogP contribution in [0.25, 0.3) is 0 Å².